The van der Waals surface area contributed by atoms with Crippen molar-refractivity contribution in [3.05, 3.63) is 66.6 Å². The number of fused-ring (bicyclic) bond motifs is 1. The molecule has 0 amide bonds. The molecule has 0 spiro atoms. The molecule has 0 radical (unpaired) electrons. The molecule has 0 atom stereocenters. The average Bonchev–Trinajstić information content (AvgIpc) is 2.90. The van der Waals surface area contributed by atoms with Crippen LogP contribution < -0.4 is 4.57 Å². The maximum absolute atomic E-state index is 11.6. The number of carbonyl (C=O) groups is 1. The number of ether oxygens (including phenoxy) is 1. The van der Waals surface area contributed by atoms with Gasteiger partial charge in [0, 0.05) is 18.3 Å². The van der Waals surface area contributed by atoms with E-state index in [2.05, 4.69) is 9.13 Å². The third-order valence-corrected chi connectivity index (χ3v) is 3.29. The summed E-state index contributed by atoms with van der Waals surface area (Å²) in [5.41, 5.74) is 1.59. The summed E-state index contributed by atoms with van der Waals surface area (Å²) >= 11 is 0. The Labute approximate surface area is 116 Å². The van der Waals surface area contributed by atoms with Crippen molar-refractivity contribution in [3.8, 4) is 0 Å². The van der Waals surface area contributed by atoms with Crippen molar-refractivity contribution in [2.24, 2.45) is 0 Å². The highest BCUT2D eigenvalue weighted by Gasteiger charge is 2.10. The van der Waals surface area contributed by atoms with Crippen molar-refractivity contribution in [1.82, 2.24) is 4.57 Å². The smallest absolute Gasteiger partial charge is 0.337 e. The SMILES string of the molecule is COC(=O)c1ccc2ccn(C[n+]3ccccc3)c2c1. The largest absolute Gasteiger partial charge is 0.465 e. The van der Waals surface area contributed by atoms with Crippen LogP contribution in [0.3, 0.4) is 0 Å². The predicted octanol–water partition coefficient (Wildman–Crippen LogP) is 2.22. The van der Waals surface area contributed by atoms with Crippen molar-refractivity contribution in [1.29, 1.82) is 0 Å². The van der Waals surface area contributed by atoms with Crippen LogP contribution in [0.4, 0.5) is 0 Å². The minimum atomic E-state index is -0.313. The Balaban J connectivity index is 2.01. The van der Waals surface area contributed by atoms with E-state index in [9.17, 15) is 4.79 Å². The van der Waals surface area contributed by atoms with Gasteiger partial charge in [0.1, 0.15) is 0 Å². The van der Waals surface area contributed by atoms with Crippen molar-refractivity contribution in [2.45, 2.75) is 6.67 Å². The Kier molecular flexibility index (Phi) is 3.21. The van der Waals surface area contributed by atoms with E-state index in [1.807, 2.05) is 55.0 Å². The lowest BCUT2D eigenvalue weighted by Crippen LogP contribution is -2.35. The zero-order chi connectivity index (χ0) is 13.9. The Hall–Kier alpha value is -2.62. The topological polar surface area (TPSA) is 35.1 Å². The highest BCUT2D eigenvalue weighted by atomic mass is 16.5. The van der Waals surface area contributed by atoms with Crippen LogP contribution in [0.15, 0.2) is 61.1 Å². The molecule has 1 aromatic carbocycles. The number of pyridine rings is 1. The first kappa shape index (κ1) is 12.4. The summed E-state index contributed by atoms with van der Waals surface area (Å²) in [6.07, 6.45) is 6.04. The lowest BCUT2D eigenvalue weighted by molar-refractivity contribution is -0.701. The molecule has 3 rings (SSSR count). The van der Waals surface area contributed by atoms with Gasteiger partial charge in [-0.25, -0.2) is 4.79 Å². The lowest BCUT2D eigenvalue weighted by atomic mass is 10.1. The maximum Gasteiger partial charge on any atom is 0.337 e. The van der Waals surface area contributed by atoms with E-state index in [4.69, 9.17) is 4.74 Å². The molecule has 0 aliphatic rings. The molecular weight excluding hydrogens is 252 g/mol. The molecule has 100 valence electrons. The third kappa shape index (κ3) is 2.28. The van der Waals surface area contributed by atoms with Gasteiger partial charge in [0.05, 0.1) is 18.2 Å². The van der Waals surface area contributed by atoms with Gasteiger partial charge in [-0.2, -0.15) is 4.57 Å². The second kappa shape index (κ2) is 5.17. The minimum absolute atomic E-state index is 0.313. The molecule has 4 heteroatoms. The predicted molar refractivity (Wildman–Crippen MR) is 75.3 cm³/mol. The highest BCUT2D eigenvalue weighted by molar-refractivity contribution is 5.94. The zero-order valence-electron chi connectivity index (χ0n) is 11.2. The van der Waals surface area contributed by atoms with Crippen LogP contribution in [0, 0.1) is 0 Å². The summed E-state index contributed by atoms with van der Waals surface area (Å²) in [5.74, 6) is -0.313. The average molecular weight is 267 g/mol. The molecule has 0 fully saturated rings. The molecule has 3 aromatic rings. The summed E-state index contributed by atoms with van der Waals surface area (Å²) in [4.78, 5) is 11.6. The molecule has 0 bridgehead atoms. The van der Waals surface area contributed by atoms with Gasteiger partial charge in [-0.15, -0.1) is 0 Å². The Morgan fingerprint density at radius 2 is 2.00 bits per heavy atom. The van der Waals surface area contributed by atoms with E-state index in [1.165, 1.54) is 7.11 Å². The van der Waals surface area contributed by atoms with Gasteiger partial charge >= 0.3 is 5.97 Å². The summed E-state index contributed by atoms with van der Waals surface area (Å²) in [6, 6.07) is 13.6. The normalized spacial score (nSPS) is 10.7. The molecular formula is C16H15N2O2+. The van der Waals surface area contributed by atoms with Crippen LogP contribution in [0.5, 0.6) is 0 Å². The fraction of sp³-hybridized carbons (Fsp3) is 0.125. The van der Waals surface area contributed by atoms with Crippen molar-refractivity contribution in [3.63, 3.8) is 0 Å². The summed E-state index contributed by atoms with van der Waals surface area (Å²) in [6.45, 7) is 0.703. The van der Waals surface area contributed by atoms with Crippen LogP contribution in [0.25, 0.3) is 10.9 Å². The number of aromatic nitrogens is 2. The second-order valence-electron chi connectivity index (χ2n) is 4.58. The zero-order valence-corrected chi connectivity index (χ0v) is 11.2. The van der Waals surface area contributed by atoms with Gasteiger partial charge in [-0.3, -0.25) is 4.57 Å². The second-order valence-corrected chi connectivity index (χ2v) is 4.58. The van der Waals surface area contributed by atoms with Crippen LogP contribution >= 0.6 is 0 Å². The van der Waals surface area contributed by atoms with E-state index < -0.39 is 0 Å². The number of carbonyl (C=O) groups excluding carboxylic acids is 1. The number of rotatable bonds is 3. The van der Waals surface area contributed by atoms with Gasteiger partial charge < -0.3 is 4.74 Å². The van der Waals surface area contributed by atoms with Crippen molar-refractivity contribution >= 4 is 16.9 Å². The standard InChI is InChI=1S/C16H15N2O2/c1-20-16(19)14-6-5-13-7-10-18(15(13)11-14)12-17-8-3-2-4-9-17/h2-11H,12H2,1H3/q+1. The Morgan fingerprint density at radius 1 is 1.20 bits per heavy atom. The monoisotopic (exact) mass is 267 g/mol. The molecule has 0 unspecified atom stereocenters. The summed E-state index contributed by atoms with van der Waals surface area (Å²) < 4.78 is 8.94. The number of benzene rings is 1. The molecule has 2 heterocycles. The first-order valence-corrected chi connectivity index (χ1v) is 6.39. The van der Waals surface area contributed by atoms with Gasteiger partial charge in [-0.1, -0.05) is 12.1 Å². The first-order valence-electron chi connectivity index (χ1n) is 6.39. The quantitative estimate of drug-likeness (QED) is 0.539. The number of esters is 1. The maximum atomic E-state index is 11.6. The molecule has 4 nitrogen and oxygen atoms in total. The van der Waals surface area contributed by atoms with Gasteiger partial charge in [0.2, 0.25) is 6.67 Å². The molecule has 0 saturated heterocycles. The number of methoxy groups -OCH3 is 1. The van der Waals surface area contributed by atoms with Crippen LogP contribution in [-0.2, 0) is 11.4 Å². The minimum Gasteiger partial charge on any atom is -0.465 e. The fourth-order valence-electron chi connectivity index (χ4n) is 2.26. The first-order chi connectivity index (χ1) is 9.78. The third-order valence-electron chi connectivity index (χ3n) is 3.29. The molecule has 20 heavy (non-hydrogen) atoms. The molecule has 0 N–H and O–H groups in total. The fourth-order valence-corrected chi connectivity index (χ4v) is 2.26. The lowest BCUT2D eigenvalue weighted by Gasteiger charge is -2.03. The number of nitrogens with zero attached hydrogens (tertiary/aromatic N) is 2. The molecule has 0 aliphatic carbocycles. The van der Waals surface area contributed by atoms with Crippen molar-refractivity contribution in [2.75, 3.05) is 7.11 Å². The number of hydrogen-bond donors (Lipinski definition) is 0. The Bertz CT molecular complexity index is 748. The van der Waals surface area contributed by atoms with E-state index in [0.29, 0.717) is 12.2 Å². The summed E-state index contributed by atoms with van der Waals surface area (Å²) in [7, 11) is 1.39. The van der Waals surface area contributed by atoms with Gasteiger partial charge in [-0.05, 0) is 23.6 Å². The van der Waals surface area contributed by atoms with Gasteiger partial charge in [0.15, 0.2) is 12.4 Å². The number of hydrogen-bond acceptors (Lipinski definition) is 2. The highest BCUT2D eigenvalue weighted by Crippen LogP contribution is 2.17. The molecule has 2 aromatic heterocycles. The van der Waals surface area contributed by atoms with Gasteiger partial charge in [0.25, 0.3) is 0 Å². The van der Waals surface area contributed by atoms with Crippen LogP contribution in [0.2, 0.25) is 0 Å². The van der Waals surface area contributed by atoms with Crippen molar-refractivity contribution < 1.29 is 14.1 Å². The molecule has 0 aliphatic heterocycles. The van der Waals surface area contributed by atoms with E-state index in [-0.39, 0.29) is 5.97 Å². The summed E-state index contributed by atoms with van der Waals surface area (Å²) in [5, 5.41) is 1.11. The van der Waals surface area contributed by atoms with E-state index in [0.717, 1.165) is 10.9 Å². The molecule has 0 saturated carbocycles. The van der Waals surface area contributed by atoms with Crippen LogP contribution in [-0.4, -0.2) is 17.6 Å². The van der Waals surface area contributed by atoms with E-state index in [1.54, 1.807) is 6.07 Å². The van der Waals surface area contributed by atoms with Crippen LogP contribution in [0.1, 0.15) is 10.4 Å². The Morgan fingerprint density at radius 3 is 2.75 bits per heavy atom. The van der Waals surface area contributed by atoms with E-state index >= 15 is 0 Å².